The summed E-state index contributed by atoms with van der Waals surface area (Å²) in [7, 11) is 0. The molecule has 168 valence electrons. The zero-order chi connectivity index (χ0) is 22.5. The molecule has 0 bridgehead atoms. The Morgan fingerprint density at radius 1 is 1.12 bits per heavy atom. The van der Waals surface area contributed by atoms with E-state index in [-0.39, 0.29) is 22.7 Å². The second-order valence-corrected chi connectivity index (χ2v) is 8.86. The summed E-state index contributed by atoms with van der Waals surface area (Å²) in [5, 5.41) is 2.65. The van der Waals surface area contributed by atoms with E-state index in [0.717, 1.165) is 43.1 Å². The quantitative estimate of drug-likeness (QED) is 0.736. The minimum Gasteiger partial charge on any atom is -0.486 e. The first-order valence-electron chi connectivity index (χ1n) is 11.0. The molecule has 1 unspecified atom stereocenters. The summed E-state index contributed by atoms with van der Waals surface area (Å²) in [4.78, 5) is 26.6. The number of anilines is 1. The predicted molar refractivity (Wildman–Crippen MR) is 117 cm³/mol. The Balaban J connectivity index is 1.50. The molecule has 1 fully saturated rings. The van der Waals surface area contributed by atoms with E-state index in [0.29, 0.717) is 25.5 Å². The molecular formula is C24H26FN3O4. The summed E-state index contributed by atoms with van der Waals surface area (Å²) >= 11 is 0. The monoisotopic (exact) mass is 439 g/mol. The average Bonchev–Trinajstić information content (AvgIpc) is 3.26. The van der Waals surface area contributed by atoms with Crippen molar-refractivity contribution < 1.29 is 23.5 Å². The molecule has 2 aliphatic heterocycles. The number of nitrogens with two attached hydrogens (primary N) is 1. The minimum atomic E-state index is -0.683. The van der Waals surface area contributed by atoms with Crippen LogP contribution < -0.4 is 20.5 Å². The Labute approximate surface area is 185 Å². The number of carbonyl (C=O) groups is 2. The third-order valence-corrected chi connectivity index (χ3v) is 6.99. The molecule has 1 saturated carbocycles. The van der Waals surface area contributed by atoms with Crippen LogP contribution in [0, 0.1) is 5.82 Å². The second-order valence-electron chi connectivity index (χ2n) is 8.86. The van der Waals surface area contributed by atoms with E-state index in [4.69, 9.17) is 15.2 Å². The van der Waals surface area contributed by atoms with Crippen molar-refractivity contribution in [3.05, 3.63) is 52.8 Å². The average molecular weight is 439 g/mol. The standard InChI is InChI=1S/C24H26FN3O4/c1-14-16-11-20-21(32-9-8-31-20)12-17(16)24(6-2-3-7-24)13-28(14)23(30)27-19-10-15(22(26)29)4-5-18(19)25/h4-5,10-12,14H,2-3,6-9,13H2,1H3,(H2,26,29)(H,27,30). The molecule has 0 saturated heterocycles. The highest BCUT2D eigenvalue weighted by Gasteiger charge is 2.46. The molecule has 8 heteroatoms. The SMILES string of the molecule is CC1c2cc3c(cc2C2(CCCC2)CN1C(=O)Nc1cc(C(N)=O)ccc1F)OCCO3. The van der Waals surface area contributed by atoms with Gasteiger partial charge in [0.1, 0.15) is 19.0 Å². The van der Waals surface area contributed by atoms with E-state index >= 15 is 0 Å². The number of carbonyl (C=O) groups excluding carboxylic acids is 2. The van der Waals surface area contributed by atoms with Gasteiger partial charge in [0.15, 0.2) is 11.5 Å². The lowest BCUT2D eigenvalue weighted by molar-refractivity contribution is 0.1000. The Kier molecular flexibility index (Phi) is 4.95. The molecule has 0 radical (unpaired) electrons. The molecule has 7 nitrogen and oxygen atoms in total. The maximum absolute atomic E-state index is 14.4. The van der Waals surface area contributed by atoms with Gasteiger partial charge in [0.25, 0.3) is 0 Å². The fourth-order valence-electron chi connectivity index (χ4n) is 5.31. The summed E-state index contributed by atoms with van der Waals surface area (Å²) in [6.45, 7) is 3.51. The van der Waals surface area contributed by atoms with Gasteiger partial charge in [-0.3, -0.25) is 4.79 Å². The van der Waals surface area contributed by atoms with Crippen LogP contribution in [0.4, 0.5) is 14.9 Å². The molecule has 0 aromatic heterocycles. The zero-order valence-electron chi connectivity index (χ0n) is 17.9. The number of hydrogen-bond donors (Lipinski definition) is 2. The fraction of sp³-hybridized carbons (Fsp3) is 0.417. The van der Waals surface area contributed by atoms with Gasteiger partial charge >= 0.3 is 6.03 Å². The smallest absolute Gasteiger partial charge is 0.322 e. The number of primary amides is 1. The summed E-state index contributed by atoms with van der Waals surface area (Å²) in [6.07, 6.45) is 4.13. The maximum atomic E-state index is 14.4. The molecular weight excluding hydrogens is 413 g/mol. The largest absolute Gasteiger partial charge is 0.486 e. The normalized spacial score (nSPS) is 20.7. The van der Waals surface area contributed by atoms with Crippen molar-refractivity contribution in [2.75, 3.05) is 25.1 Å². The lowest BCUT2D eigenvalue weighted by Crippen LogP contribution is -2.50. The van der Waals surface area contributed by atoms with Crippen molar-refractivity contribution in [3.8, 4) is 11.5 Å². The van der Waals surface area contributed by atoms with Crippen molar-refractivity contribution in [3.63, 3.8) is 0 Å². The van der Waals surface area contributed by atoms with E-state index in [1.807, 2.05) is 13.0 Å². The van der Waals surface area contributed by atoms with Crippen molar-refractivity contribution in [1.29, 1.82) is 0 Å². The second kappa shape index (κ2) is 7.69. The number of nitrogens with one attached hydrogen (secondary N) is 1. The van der Waals surface area contributed by atoms with Crippen LogP contribution >= 0.6 is 0 Å². The van der Waals surface area contributed by atoms with Crippen molar-refractivity contribution in [2.24, 2.45) is 5.73 Å². The van der Waals surface area contributed by atoms with Gasteiger partial charge in [0.2, 0.25) is 5.91 Å². The lowest BCUT2D eigenvalue weighted by atomic mass is 9.71. The molecule has 3 N–H and O–H groups in total. The van der Waals surface area contributed by atoms with E-state index < -0.39 is 17.8 Å². The van der Waals surface area contributed by atoms with Crippen LogP contribution in [0.3, 0.4) is 0 Å². The van der Waals surface area contributed by atoms with E-state index in [9.17, 15) is 14.0 Å². The molecule has 3 aliphatic rings. The summed E-state index contributed by atoms with van der Waals surface area (Å²) in [5.41, 5.74) is 7.47. The molecule has 32 heavy (non-hydrogen) atoms. The Hall–Kier alpha value is -3.29. The van der Waals surface area contributed by atoms with E-state index in [1.54, 1.807) is 4.90 Å². The first-order valence-corrected chi connectivity index (χ1v) is 11.0. The van der Waals surface area contributed by atoms with Crippen molar-refractivity contribution in [1.82, 2.24) is 4.90 Å². The highest BCUT2D eigenvalue weighted by atomic mass is 19.1. The van der Waals surface area contributed by atoms with E-state index in [1.165, 1.54) is 17.7 Å². The highest BCUT2D eigenvalue weighted by molar-refractivity contribution is 5.96. The molecule has 2 aromatic rings. The minimum absolute atomic E-state index is 0.0630. The number of rotatable bonds is 2. The molecule has 2 aromatic carbocycles. The van der Waals surface area contributed by atoms with Crippen LogP contribution in [-0.4, -0.2) is 36.6 Å². The van der Waals surface area contributed by atoms with Crippen molar-refractivity contribution in [2.45, 2.75) is 44.1 Å². The summed E-state index contributed by atoms with van der Waals surface area (Å²) < 4.78 is 26.0. The van der Waals surface area contributed by atoms with Crippen LogP contribution in [0.2, 0.25) is 0 Å². The number of hydrogen-bond acceptors (Lipinski definition) is 4. The third kappa shape index (κ3) is 3.34. The van der Waals surface area contributed by atoms with Gasteiger partial charge in [0.05, 0.1) is 11.7 Å². The van der Waals surface area contributed by atoms with Crippen LogP contribution in [0.25, 0.3) is 0 Å². The van der Waals surface area contributed by atoms with Gasteiger partial charge in [-0.25, -0.2) is 9.18 Å². The topological polar surface area (TPSA) is 93.9 Å². The molecule has 1 spiro atoms. The molecule has 3 amide bonds. The van der Waals surface area contributed by atoms with Crippen LogP contribution in [0.1, 0.15) is 60.1 Å². The summed E-state index contributed by atoms with van der Waals surface area (Å²) in [5.74, 6) is 0.149. The number of benzene rings is 2. The Bertz CT molecular complexity index is 1100. The number of halogens is 1. The van der Waals surface area contributed by atoms with Crippen LogP contribution in [-0.2, 0) is 5.41 Å². The maximum Gasteiger partial charge on any atom is 0.322 e. The van der Waals surface area contributed by atoms with Crippen molar-refractivity contribution >= 4 is 17.6 Å². The lowest BCUT2D eigenvalue weighted by Gasteiger charge is -2.46. The van der Waals surface area contributed by atoms with Gasteiger partial charge in [0, 0.05) is 17.5 Å². The van der Waals surface area contributed by atoms with E-state index in [2.05, 4.69) is 11.4 Å². The Morgan fingerprint density at radius 2 is 1.81 bits per heavy atom. The number of ether oxygens (including phenoxy) is 2. The fourth-order valence-corrected chi connectivity index (χ4v) is 5.31. The number of amides is 3. The predicted octanol–water partition coefficient (Wildman–Crippen LogP) is 4.12. The number of urea groups is 1. The molecule has 2 heterocycles. The van der Waals surface area contributed by atoms with Gasteiger partial charge in [-0.15, -0.1) is 0 Å². The van der Waals surface area contributed by atoms with Crippen LogP contribution in [0.15, 0.2) is 30.3 Å². The molecule has 5 rings (SSSR count). The molecule has 1 atom stereocenters. The zero-order valence-corrected chi connectivity index (χ0v) is 17.9. The first kappa shape index (κ1) is 20.6. The number of fused-ring (bicyclic) bond motifs is 3. The highest BCUT2D eigenvalue weighted by Crippen LogP contribution is 2.52. The Morgan fingerprint density at radius 3 is 2.50 bits per heavy atom. The van der Waals surface area contributed by atoms with Gasteiger partial charge in [-0.2, -0.15) is 0 Å². The first-order chi connectivity index (χ1) is 15.4. The van der Waals surface area contributed by atoms with Crippen LogP contribution in [0.5, 0.6) is 11.5 Å². The van der Waals surface area contributed by atoms with Gasteiger partial charge in [-0.1, -0.05) is 12.8 Å². The van der Waals surface area contributed by atoms with Gasteiger partial charge in [-0.05, 0) is 61.2 Å². The number of nitrogens with zero attached hydrogens (tertiary/aromatic N) is 1. The summed E-state index contributed by atoms with van der Waals surface area (Å²) in [6, 6.07) is 7.13. The third-order valence-electron chi connectivity index (χ3n) is 6.99. The van der Waals surface area contributed by atoms with Gasteiger partial charge < -0.3 is 25.4 Å². The molecule has 1 aliphatic carbocycles.